The first-order valence-corrected chi connectivity index (χ1v) is 14.3. The van der Waals surface area contributed by atoms with Crippen molar-refractivity contribution in [1.29, 1.82) is 0 Å². The molecule has 1 fully saturated rings. The number of hydrogen-bond acceptors (Lipinski definition) is 4. The molecule has 3 aliphatic rings. The van der Waals surface area contributed by atoms with E-state index in [2.05, 4.69) is 31.2 Å². The number of nitrogens with zero attached hydrogens (tertiary/aromatic N) is 1. The summed E-state index contributed by atoms with van der Waals surface area (Å²) >= 11 is 0. The lowest BCUT2D eigenvalue weighted by Crippen LogP contribution is -2.35. The fraction of sp³-hybridized carbons (Fsp3) is 0.250. The second-order valence-electron chi connectivity index (χ2n) is 10.9. The van der Waals surface area contributed by atoms with Crippen molar-refractivity contribution in [2.24, 2.45) is 17.8 Å². The van der Waals surface area contributed by atoms with E-state index in [-0.39, 0.29) is 18.4 Å². The van der Waals surface area contributed by atoms with Crippen LogP contribution in [0.15, 0.2) is 114 Å². The van der Waals surface area contributed by atoms with Crippen LogP contribution in [-0.4, -0.2) is 24.4 Å². The molecule has 3 aromatic rings. The molecule has 5 nitrogen and oxygen atoms in total. The van der Waals surface area contributed by atoms with Gasteiger partial charge in [-0.2, -0.15) is 0 Å². The lowest BCUT2D eigenvalue weighted by atomic mass is 9.65. The number of ether oxygens (including phenoxy) is 1. The monoisotopic (exact) mass is 543 g/mol. The standard InChI is InChI=1S/C36H33NO4/c1-3-41-30(38)22-26-19-20-28(24-13-7-4-8-14-24)32(25-15-9-5-10-16-25)31-23(2)21-29-34(33(26)31)36(40)37(35(29)39)27-17-11-6-12-18-27/h4-18,22,29,33-34H,3,19-21H2,1-2H3/b26-22+/t29-,33-,34-/m0/s1. The van der Waals surface area contributed by atoms with Crippen LogP contribution in [0, 0.1) is 17.8 Å². The van der Waals surface area contributed by atoms with E-state index in [1.165, 1.54) is 10.5 Å². The summed E-state index contributed by atoms with van der Waals surface area (Å²) in [7, 11) is 0. The van der Waals surface area contributed by atoms with Gasteiger partial charge in [0.15, 0.2) is 0 Å². The van der Waals surface area contributed by atoms with Gasteiger partial charge in [-0.25, -0.2) is 4.79 Å². The van der Waals surface area contributed by atoms with Crippen LogP contribution in [0.4, 0.5) is 5.69 Å². The maximum absolute atomic E-state index is 14.3. The van der Waals surface area contributed by atoms with Gasteiger partial charge in [0.2, 0.25) is 11.8 Å². The van der Waals surface area contributed by atoms with Gasteiger partial charge in [0.1, 0.15) is 0 Å². The summed E-state index contributed by atoms with van der Waals surface area (Å²) < 4.78 is 5.36. The van der Waals surface area contributed by atoms with Crippen molar-refractivity contribution in [1.82, 2.24) is 0 Å². The third-order valence-electron chi connectivity index (χ3n) is 8.56. The van der Waals surface area contributed by atoms with E-state index >= 15 is 0 Å². The molecule has 6 rings (SSSR count). The van der Waals surface area contributed by atoms with Gasteiger partial charge < -0.3 is 4.74 Å². The average Bonchev–Trinajstić information content (AvgIpc) is 3.13. The maximum atomic E-state index is 14.3. The molecule has 2 amide bonds. The molecule has 0 bridgehead atoms. The molecule has 0 saturated carbocycles. The number of rotatable bonds is 5. The molecule has 3 aromatic carbocycles. The number of hydrogen-bond donors (Lipinski definition) is 0. The quantitative estimate of drug-likeness (QED) is 0.197. The normalized spacial score (nSPS) is 23.4. The molecule has 3 atom stereocenters. The van der Waals surface area contributed by atoms with Crippen LogP contribution < -0.4 is 4.90 Å². The SMILES string of the molecule is CCOC(=O)/C=C1\CCC(c2ccccc2)=C(c2ccccc2)C2=C(C)C[C@@H]3C(=O)N(c4ccccc4)C(=O)[C@@H]3[C@H]21. The second kappa shape index (κ2) is 11.2. The molecule has 1 aliphatic heterocycles. The van der Waals surface area contributed by atoms with E-state index in [0.29, 0.717) is 24.9 Å². The van der Waals surface area contributed by atoms with Crippen molar-refractivity contribution in [2.75, 3.05) is 11.5 Å². The van der Waals surface area contributed by atoms with Gasteiger partial charge in [-0.05, 0) is 73.1 Å². The van der Waals surface area contributed by atoms with Gasteiger partial charge in [0.25, 0.3) is 0 Å². The Bertz CT molecular complexity index is 1580. The Balaban J connectivity index is 1.60. The Kier molecular flexibility index (Phi) is 7.27. The summed E-state index contributed by atoms with van der Waals surface area (Å²) in [4.78, 5) is 42.5. The van der Waals surface area contributed by atoms with Gasteiger partial charge in [0, 0.05) is 12.0 Å². The minimum Gasteiger partial charge on any atom is -0.463 e. The second-order valence-corrected chi connectivity index (χ2v) is 10.9. The van der Waals surface area contributed by atoms with E-state index in [1.54, 1.807) is 25.1 Å². The molecule has 1 saturated heterocycles. The van der Waals surface area contributed by atoms with Crippen molar-refractivity contribution in [2.45, 2.75) is 33.1 Å². The molecule has 206 valence electrons. The van der Waals surface area contributed by atoms with Crippen molar-refractivity contribution in [3.8, 4) is 0 Å². The lowest BCUT2D eigenvalue weighted by molar-refractivity contribution is -0.137. The number of carbonyl (C=O) groups is 3. The number of esters is 1. The summed E-state index contributed by atoms with van der Waals surface area (Å²) in [6.07, 6.45) is 3.35. The van der Waals surface area contributed by atoms with Crippen molar-refractivity contribution in [3.05, 3.63) is 125 Å². The third-order valence-corrected chi connectivity index (χ3v) is 8.56. The zero-order valence-electron chi connectivity index (χ0n) is 23.4. The van der Waals surface area contributed by atoms with E-state index in [0.717, 1.165) is 33.4 Å². The average molecular weight is 544 g/mol. The summed E-state index contributed by atoms with van der Waals surface area (Å²) in [5.41, 5.74) is 8.04. The van der Waals surface area contributed by atoms with Crippen LogP contribution in [0.25, 0.3) is 11.1 Å². The van der Waals surface area contributed by atoms with E-state index in [4.69, 9.17) is 4.74 Å². The number of imide groups is 1. The number of carbonyl (C=O) groups excluding carboxylic acids is 3. The summed E-state index contributed by atoms with van der Waals surface area (Å²) in [5, 5.41) is 0. The summed E-state index contributed by atoms with van der Waals surface area (Å²) in [5.74, 6) is -2.29. The number of anilines is 1. The fourth-order valence-electron chi connectivity index (χ4n) is 6.91. The molecular weight excluding hydrogens is 510 g/mol. The Labute approximate surface area is 240 Å². The molecule has 41 heavy (non-hydrogen) atoms. The highest BCUT2D eigenvalue weighted by molar-refractivity contribution is 6.23. The first-order valence-electron chi connectivity index (χ1n) is 14.3. The third kappa shape index (κ3) is 4.76. The Morgan fingerprint density at radius 3 is 2.10 bits per heavy atom. The van der Waals surface area contributed by atoms with Crippen LogP contribution in [0.1, 0.15) is 44.2 Å². The largest absolute Gasteiger partial charge is 0.463 e. The first kappa shape index (κ1) is 26.7. The van der Waals surface area contributed by atoms with Crippen molar-refractivity contribution >= 4 is 34.6 Å². The Morgan fingerprint density at radius 2 is 1.46 bits per heavy atom. The first-order chi connectivity index (χ1) is 20.0. The number of fused-ring (bicyclic) bond motifs is 3. The predicted molar refractivity (Wildman–Crippen MR) is 160 cm³/mol. The molecule has 0 aromatic heterocycles. The van der Waals surface area contributed by atoms with Crippen LogP contribution in [0.5, 0.6) is 0 Å². The highest BCUT2D eigenvalue weighted by Gasteiger charge is 2.56. The zero-order chi connectivity index (χ0) is 28.5. The van der Waals surface area contributed by atoms with Crippen molar-refractivity contribution < 1.29 is 19.1 Å². The Hall–Kier alpha value is -4.51. The van der Waals surface area contributed by atoms with E-state index in [1.807, 2.05) is 54.6 Å². The topological polar surface area (TPSA) is 63.7 Å². The van der Waals surface area contributed by atoms with Crippen LogP contribution >= 0.6 is 0 Å². The van der Waals surface area contributed by atoms with Gasteiger partial charge in [-0.3, -0.25) is 14.5 Å². The lowest BCUT2D eigenvalue weighted by Gasteiger charge is -2.36. The fourth-order valence-corrected chi connectivity index (χ4v) is 6.91. The van der Waals surface area contributed by atoms with E-state index in [9.17, 15) is 14.4 Å². The number of amides is 2. The number of benzene rings is 3. The van der Waals surface area contributed by atoms with Gasteiger partial charge >= 0.3 is 5.97 Å². The van der Waals surface area contributed by atoms with E-state index < -0.39 is 23.7 Å². The molecular formula is C36H33NO4. The number of para-hydroxylation sites is 1. The number of allylic oxidation sites excluding steroid dienone is 5. The molecule has 5 heteroatoms. The summed E-state index contributed by atoms with van der Waals surface area (Å²) in [6.45, 7) is 4.14. The van der Waals surface area contributed by atoms with Crippen LogP contribution in [0.3, 0.4) is 0 Å². The Morgan fingerprint density at radius 1 is 0.854 bits per heavy atom. The van der Waals surface area contributed by atoms with Gasteiger partial charge in [-0.1, -0.05) is 90.0 Å². The highest BCUT2D eigenvalue weighted by atomic mass is 16.5. The maximum Gasteiger partial charge on any atom is 0.330 e. The van der Waals surface area contributed by atoms with Crippen LogP contribution in [0.2, 0.25) is 0 Å². The summed E-state index contributed by atoms with van der Waals surface area (Å²) in [6, 6.07) is 29.8. The molecule has 0 unspecified atom stereocenters. The molecule has 2 aliphatic carbocycles. The minimum atomic E-state index is -0.601. The highest BCUT2D eigenvalue weighted by Crippen LogP contribution is 2.56. The predicted octanol–water partition coefficient (Wildman–Crippen LogP) is 7.02. The van der Waals surface area contributed by atoms with Crippen molar-refractivity contribution in [3.63, 3.8) is 0 Å². The molecule has 1 heterocycles. The minimum absolute atomic E-state index is 0.169. The smallest absolute Gasteiger partial charge is 0.330 e. The van der Waals surface area contributed by atoms with Crippen LogP contribution in [-0.2, 0) is 19.1 Å². The molecule has 0 radical (unpaired) electrons. The molecule has 0 spiro atoms. The zero-order valence-corrected chi connectivity index (χ0v) is 23.4. The molecule has 0 N–H and O–H groups in total. The van der Waals surface area contributed by atoms with Gasteiger partial charge in [-0.15, -0.1) is 0 Å². The van der Waals surface area contributed by atoms with Gasteiger partial charge in [0.05, 0.1) is 24.1 Å².